The molecule has 0 fully saturated rings. The van der Waals surface area contributed by atoms with E-state index in [1.807, 2.05) is 11.8 Å². The number of rotatable bonds is 6. The number of thioether (sulfide) groups is 1. The molecular weight excluding hydrogens is 326 g/mol. The number of aromatic nitrogens is 3. The average molecular weight is 350 g/mol. The van der Waals surface area contributed by atoms with E-state index in [0.29, 0.717) is 0 Å². The second kappa shape index (κ2) is 6.96. The van der Waals surface area contributed by atoms with Crippen LogP contribution in [0.2, 0.25) is 0 Å². The standard InChI is InChI=1S/C21H23N3S/c1-3-4-13-25-21-22-18-10-6-8-12-20(18)24(21)15-16-14-23(2)19-11-7-5-9-17(16)19/h5-12,14H,3-4,13,15H2,1-2H3. The Bertz CT molecular complexity index is 1010. The second-order valence-electron chi connectivity index (χ2n) is 6.45. The molecule has 0 saturated carbocycles. The van der Waals surface area contributed by atoms with E-state index in [1.165, 1.54) is 34.8 Å². The fourth-order valence-corrected chi connectivity index (χ4v) is 4.44. The molecule has 0 amide bonds. The summed E-state index contributed by atoms with van der Waals surface area (Å²) < 4.78 is 4.59. The van der Waals surface area contributed by atoms with E-state index in [9.17, 15) is 0 Å². The molecule has 0 atom stereocenters. The zero-order valence-corrected chi connectivity index (χ0v) is 15.6. The maximum Gasteiger partial charge on any atom is 0.169 e. The van der Waals surface area contributed by atoms with Gasteiger partial charge in [0.1, 0.15) is 0 Å². The van der Waals surface area contributed by atoms with Gasteiger partial charge in [-0.2, -0.15) is 0 Å². The lowest BCUT2D eigenvalue weighted by atomic mass is 10.2. The van der Waals surface area contributed by atoms with Gasteiger partial charge < -0.3 is 9.13 Å². The predicted octanol–water partition coefficient (Wildman–Crippen LogP) is 5.47. The fourth-order valence-electron chi connectivity index (χ4n) is 3.35. The molecule has 25 heavy (non-hydrogen) atoms. The Morgan fingerprint density at radius 3 is 2.60 bits per heavy atom. The van der Waals surface area contributed by atoms with Gasteiger partial charge in [-0.05, 0) is 30.2 Å². The number of hydrogen-bond acceptors (Lipinski definition) is 2. The normalized spacial score (nSPS) is 11.6. The summed E-state index contributed by atoms with van der Waals surface area (Å²) >= 11 is 1.87. The van der Waals surface area contributed by atoms with E-state index in [-0.39, 0.29) is 0 Å². The van der Waals surface area contributed by atoms with Crippen molar-refractivity contribution >= 4 is 33.7 Å². The summed E-state index contributed by atoms with van der Waals surface area (Å²) in [6.45, 7) is 3.09. The molecule has 0 aliphatic carbocycles. The summed E-state index contributed by atoms with van der Waals surface area (Å²) in [5.74, 6) is 1.12. The van der Waals surface area contributed by atoms with Crippen molar-refractivity contribution in [3.8, 4) is 0 Å². The molecule has 0 radical (unpaired) electrons. The third kappa shape index (κ3) is 3.07. The van der Waals surface area contributed by atoms with Gasteiger partial charge in [0.25, 0.3) is 0 Å². The number of para-hydroxylation sites is 3. The number of aryl methyl sites for hydroxylation is 1. The number of nitrogens with zero attached hydrogens (tertiary/aromatic N) is 3. The van der Waals surface area contributed by atoms with Crippen molar-refractivity contribution in [3.05, 3.63) is 60.3 Å². The van der Waals surface area contributed by atoms with Gasteiger partial charge in [-0.3, -0.25) is 0 Å². The molecule has 128 valence electrons. The smallest absolute Gasteiger partial charge is 0.169 e. The quantitative estimate of drug-likeness (QED) is 0.340. The molecule has 0 aliphatic rings. The van der Waals surface area contributed by atoms with Crippen LogP contribution in [0.3, 0.4) is 0 Å². The summed E-state index contributed by atoms with van der Waals surface area (Å²) in [5, 5.41) is 2.45. The largest absolute Gasteiger partial charge is 0.350 e. The lowest BCUT2D eigenvalue weighted by Gasteiger charge is -2.08. The highest BCUT2D eigenvalue weighted by Gasteiger charge is 2.14. The monoisotopic (exact) mass is 349 g/mol. The Balaban J connectivity index is 1.77. The van der Waals surface area contributed by atoms with Crippen molar-refractivity contribution in [1.82, 2.24) is 14.1 Å². The van der Waals surface area contributed by atoms with Crippen LogP contribution in [0.15, 0.2) is 59.9 Å². The Hall–Kier alpha value is -2.20. The van der Waals surface area contributed by atoms with Crippen LogP contribution in [-0.2, 0) is 13.6 Å². The van der Waals surface area contributed by atoms with Crippen LogP contribution in [-0.4, -0.2) is 19.9 Å². The third-order valence-corrected chi connectivity index (χ3v) is 5.72. The van der Waals surface area contributed by atoms with E-state index in [0.717, 1.165) is 23.0 Å². The van der Waals surface area contributed by atoms with Gasteiger partial charge in [-0.1, -0.05) is 55.4 Å². The summed E-state index contributed by atoms with van der Waals surface area (Å²) in [7, 11) is 2.12. The van der Waals surface area contributed by atoms with E-state index in [4.69, 9.17) is 4.98 Å². The van der Waals surface area contributed by atoms with Gasteiger partial charge >= 0.3 is 0 Å². The van der Waals surface area contributed by atoms with Crippen molar-refractivity contribution in [2.75, 3.05) is 5.75 Å². The van der Waals surface area contributed by atoms with Crippen molar-refractivity contribution in [2.24, 2.45) is 7.05 Å². The van der Waals surface area contributed by atoms with E-state index in [2.05, 4.69) is 77.8 Å². The molecule has 0 bridgehead atoms. The first kappa shape index (κ1) is 16.3. The molecule has 3 nitrogen and oxygen atoms in total. The summed E-state index contributed by atoms with van der Waals surface area (Å²) in [5.41, 5.74) is 4.93. The molecular formula is C21H23N3S. The predicted molar refractivity (Wildman–Crippen MR) is 107 cm³/mol. The lowest BCUT2D eigenvalue weighted by molar-refractivity contribution is 0.730. The van der Waals surface area contributed by atoms with Crippen LogP contribution >= 0.6 is 11.8 Å². The summed E-state index contributed by atoms with van der Waals surface area (Å²) in [6.07, 6.45) is 4.69. The minimum Gasteiger partial charge on any atom is -0.350 e. The molecule has 4 aromatic rings. The third-order valence-electron chi connectivity index (χ3n) is 4.66. The van der Waals surface area contributed by atoms with Crippen LogP contribution in [0.1, 0.15) is 25.3 Å². The maximum absolute atomic E-state index is 4.89. The zero-order valence-electron chi connectivity index (χ0n) is 14.8. The zero-order chi connectivity index (χ0) is 17.2. The first-order chi connectivity index (χ1) is 12.3. The maximum atomic E-state index is 4.89. The molecule has 2 heterocycles. The minimum atomic E-state index is 0.857. The van der Waals surface area contributed by atoms with Gasteiger partial charge in [0.05, 0.1) is 17.6 Å². The lowest BCUT2D eigenvalue weighted by Crippen LogP contribution is -2.01. The van der Waals surface area contributed by atoms with E-state index in [1.54, 1.807) is 0 Å². The number of hydrogen-bond donors (Lipinski definition) is 0. The van der Waals surface area contributed by atoms with Crippen molar-refractivity contribution < 1.29 is 0 Å². The molecule has 0 unspecified atom stereocenters. The van der Waals surface area contributed by atoms with Gasteiger partial charge in [0.15, 0.2) is 5.16 Å². The minimum absolute atomic E-state index is 0.857. The van der Waals surface area contributed by atoms with Crippen LogP contribution in [0.5, 0.6) is 0 Å². The van der Waals surface area contributed by atoms with Gasteiger partial charge in [-0.25, -0.2) is 4.98 Å². The highest BCUT2D eigenvalue weighted by Crippen LogP contribution is 2.28. The Morgan fingerprint density at radius 1 is 1.00 bits per heavy atom. The molecule has 2 aromatic heterocycles. The number of fused-ring (bicyclic) bond motifs is 2. The van der Waals surface area contributed by atoms with Crippen LogP contribution in [0.25, 0.3) is 21.9 Å². The molecule has 4 rings (SSSR count). The first-order valence-electron chi connectivity index (χ1n) is 8.89. The highest BCUT2D eigenvalue weighted by atomic mass is 32.2. The van der Waals surface area contributed by atoms with Gasteiger partial charge in [0.2, 0.25) is 0 Å². The molecule has 0 aliphatic heterocycles. The second-order valence-corrected chi connectivity index (χ2v) is 7.52. The fraction of sp³-hybridized carbons (Fsp3) is 0.286. The van der Waals surface area contributed by atoms with Crippen LogP contribution in [0.4, 0.5) is 0 Å². The van der Waals surface area contributed by atoms with Crippen LogP contribution in [0, 0.1) is 0 Å². The van der Waals surface area contributed by atoms with Gasteiger partial charge in [0, 0.05) is 29.9 Å². The van der Waals surface area contributed by atoms with E-state index < -0.39 is 0 Å². The first-order valence-corrected chi connectivity index (χ1v) is 9.87. The average Bonchev–Trinajstić information content (AvgIpc) is 3.14. The molecule has 0 N–H and O–H groups in total. The molecule has 0 saturated heterocycles. The SMILES string of the molecule is CCCCSc1nc2ccccc2n1Cc1cn(C)c2ccccc12. The molecule has 2 aromatic carbocycles. The van der Waals surface area contributed by atoms with Gasteiger partial charge in [-0.15, -0.1) is 0 Å². The Labute approximate surface area is 152 Å². The van der Waals surface area contributed by atoms with Crippen molar-refractivity contribution in [2.45, 2.75) is 31.5 Å². The molecule has 4 heteroatoms. The highest BCUT2D eigenvalue weighted by molar-refractivity contribution is 7.99. The van der Waals surface area contributed by atoms with Crippen LogP contribution < -0.4 is 0 Å². The van der Waals surface area contributed by atoms with E-state index >= 15 is 0 Å². The molecule has 0 spiro atoms. The number of imidazole rings is 1. The number of benzene rings is 2. The summed E-state index contributed by atoms with van der Waals surface area (Å²) in [4.78, 5) is 4.89. The van der Waals surface area contributed by atoms with Crippen molar-refractivity contribution in [1.29, 1.82) is 0 Å². The Morgan fingerprint density at radius 2 is 1.76 bits per heavy atom. The topological polar surface area (TPSA) is 22.8 Å². The van der Waals surface area contributed by atoms with Crippen molar-refractivity contribution in [3.63, 3.8) is 0 Å². The Kier molecular flexibility index (Phi) is 4.53. The number of unbranched alkanes of at least 4 members (excludes halogenated alkanes) is 1. The summed E-state index contributed by atoms with van der Waals surface area (Å²) in [6, 6.07) is 17.1.